The van der Waals surface area contributed by atoms with Crippen molar-refractivity contribution >= 4 is 11.6 Å². The van der Waals surface area contributed by atoms with Crippen molar-refractivity contribution in [2.45, 2.75) is 39.6 Å². The lowest BCUT2D eigenvalue weighted by Gasteiger charge is -2.03. The molecule has 0 aliphatic heterocycles. The van der Waals surface area contributed by atoms with E-state index in [9.17, 15) is 0 Å². The minimum atomic E-state index is 0.239. The molecule has 0 aromatic carbocycles. The second kappa shape index (κ2) is 2.69. The highest BCUT2D eigenvalue weighted by molar-refractivity contribution is 6.16. The van der Waals surface area contributed by atoms with Crippen LogP contribution in [0.15, 0.2) is 0 Å². The van der Waals surface area contributed by atoms with E-state index in [0.717, 1.165) is 5.82 Å². The van der Waals surface area contributed by atoms with E-state index in [1.54, 1.807) is 0 Å². The number of rotatable bonds is 2. The van der Waals surface area contributed by atoms with E-state index in [-0.39, 0.29) is 10.8 Å². The van der Waals surface area contributed by atoms with Gasteiger partial charge in [0.25, 0.3) is 0 Å². The van der Waals surface area contributed by atoms with Crippen molar-refractivity contribution in [2.24, 2.45) is 10.8 Å². The summed E-state index contributed by atoms with van der Waals surface area (Å²) in [6.07, 6.45) is 0. The lowest BCUT2D eigenvalue weighted by atomic mass is 10.0. The number of aromatic nitrogens is 4. The van der Waals surface area contributed by atoms with Crippen LogP contribution in [-0.4, -0.2) is 20.2 Å². The van der Waals surface area contributed by atoms with Crippen LogP contribution >= 0.6 is 11.6 Å². The van der Waals surface area contributed by atoms with E-state index in [1.807, 2.05) is 4.68 Å². The molecule has 1 saturated carbocycles. The number of nitrogens with zero attached hydrogens (tertiary/aromatic N) is 4. The van der Waals surface area contributed by atoms with Crippen LogP contribution in [0.1, 0.15) is 39.6 Å². The summed E-state index contributed by atoms with van der Waals surface area (Å²) in [7, 11) is 0. The zero-order chi connectivity index (χ0) is 10.6. The molecule has 1 fully saturated rings. The molecule has 0 N–H and O–H groups in total. The summed E-state index contributed by atoms with van der Waals surface area (Å²) in [5, 5.41) is 11.6. The van der Waals surface area contributed by atoms with E-state index in [2.05, 4.69) is 43.2 Å². The summed E-state index contributed by atoms with van der Waals surface area (Å²) in [5.74, 6) is 1.13. The molecule has 1 heterocycles. The van der Waals surface area contributed by atoms with Crippen molar-refractivity contribution in [1.82, 2.24) is 20.2 Å². The maximum atomic E-state index is 5.77. The molecular formula is C9H15ClN4. The van der Waals surface area contributed by atoms with Gasteiger partial charge in [-0.3, -0.25) is 0 Å². The summed E-state index contributed by atoms with van der Waals surface area (Å²) >= 11 is 5.77. The Morgan fingerprint density at radius 2 is 1.86 bits per heavy atom. The molecule has 0 atom stereocenters. The molecule has 1 aliphatic carbocycles. The van der Waals surface area contributed by atoms with Crippen molar-refractivity contribution in [3.8, 4) is 0 Å². The average molecular weight is 215 g/mol. The van der Waals surface area contributed by atoms with Crippen molar-refractivity contribution in [3.05, 3.63) is 5.82 Å². The van der Waals surface area contributed by atoms with Crippen molar-refractivity contribution in [1.29, 1.82) is 0 Å². The second-order valence-electron chi connectivity index (χ2n) is 5.02. The maximum absolute atomic E-state index is 5.77. The third-order valence-electron chi connectivity index (χ3n) is 3.87. The Hall–Kier alpha value is -0.640. The van der Waals surface area contributed by atoms with Crippen LogP contribution < -0.4 is 0 Å². The highest BCUT2D eigenvalue weighted by Gasteiger charge is 2.67. The SMILES string of the molecule is CC1(C)C(n2nnnc2CCl)C1(C)C. The predicted molar refractivity (Wildman–Crippen MR) is 54.0 cm³/mol. The van der Waals surface area contributed by atoms with Crippen molar-refractivity contribution in [2.75, 3.05) is 0 Å². The molecule has 0 unspecified atom stereocenters. The fourth-order valence-electron chi connectivity index (χ4n) is 2.27. The van der Waals surface area contributed by atoms with Crippen molar-refractivity contribution in [3.63, 3.8) is 0 Å². The molecule has 0 spiro atoms. The molecule has 1 aromatic rings. The van der Waals surface area contributed by atoms with Gasteiger partial charge in [0.2, 0.25) is 0 Å². The number of alkyl halides is 1. The van der Waals surface area contributed by atoms with Crippen LogP contribution in [-0.2, 0) is 5.88 Å². The number of hydrogen-bond donors (Lipinski definition) is 0. The van der Waals surface area contributed by atoms with Gasteiger partial charge in [-0.15, -0.1) is 16.7 Å². The van der Waals surface area contributed by atoms with Crippen LogP contribution in [0.5, 0.6) is 0 Å². The first kappa shape index (κ1) is 9.90. The molecule has 0 bridgehead atoms. The summed E-state index contributed by atoms with van der Waals surface area (Å²) in [4.78, 5) is 0. The lowest BCUT2D eigenvalue weighted by molar-refractivity contribution is 0.457. The predicted octanol–water partition coefficient (Wildman–Crippen LogP) is 2.02. The largest absolute Gasteiger partial charge is 0.224 e. The Kier molecular flexibility index (Phi) is 1.90. The van der Waals surface area contributed by atoms with Crippen LogP contribution in [0.4, 0.5) is 0 Å². The number of hydrogen-bond acceptors (Lipinski definition) is 3. The van der Waals surface area contributed by atoms with Gasteiger partial charge < -0.3 is 0 Å². The van der Waals surface area contributed by atoms with E-state index in [0.29, 0.717) is 11.9 Å². The second-order valence-corrected chi connectivity index (χ2v) is 5.29. The molecule has 0 amide bonds. The van der Waals surface area contributed by atoms with Crippen LogP contribution in [0.25, 0.3) is 0 Å². The number of halogens is 1. The normalized spacial score (nSPS) is 23.8. The van der Waals surface area contributed by atoms with Crippen LogP contribution in [0.3, 0.4) is 0 Å². The average Bonchev–Trinajstić information content (AvgIpc) is 2.51. The Labute approximate surface area is 88.6 Å². The van der Waals surface area contributed by atoms with E-state index in [4.69, 9.17) is 11.6 Å². The molecular weight excluding hydrogens is 200 g/mol. The minimum absolute atomic E-state index is 0.239. The van der Waals surface area contributed by atoms with Gasteiger partial charge in [0.15, 0.2) is 5.82 Å². The Morgan fingerprint density at radius 3 is 2.29 bits per heavy atom. The minimum Gasteiger partial charge on any atom is -0.224 e. The van der Waals surface area contributed by atoms with Gasteiger partial charge in [0.1, 0.15) is 0 Å². The zero-order valence-electron chi connectivity index (χ0n) is 8.95. The molecule has 0 radical (unpaired) electrons. The first-order valence-corrected chi connectivity index (χ1v) is 5.29. The van der Waals surface area contributed by atoms with Gasteiger partial charge in [0, 0.05) is 0 Å². The van der Waals surface area contributed by atoms with Gasteiger partial charge in [-0.1, -0.05) is 27.7 Å². The zero-order valence-corrected chi connectivity index (χ0v) is 9.71. The molecule has 5 heteroatoms. The smallest absolute Gasteiger partial charge is 0.166 e. The van der Waals surface area contributed by atoms with Gasteiger partial charge >= 0.3 is 0 Å². The lowest BCUT2D eigenvalue weighted by Crippen LogP contribution is -2.07. The molecule has 2 rings (SSSR count). The van der Waals surface area contributed by atoms with Gasteiger partial charge in [-0.25, -0.2) is 4.68 Å². The van der Waals surface area contributed by atoms with Gasteiger partial charge in [0.05, 0.1) is 11.9 Å². The maximum Gasteiger partial charge on any atom is 0.166 e. The third-order valence-corrected chi connectivity index (χ3v) is 4.11. The van der Waals surface area contributed by atoms with Crippen molar-refractivity contribution < 1.29 is 0 Å². The Balaban J connectivity index is 2.36. The molecule has 78 valence electrons. The first-order chi connectivity index (χ1) is 6.43. The highest BCUT2D eigenvalue weighted by Crippen LogP contribution is 2.71. The molecule has 0 saturated heterocycles. The molecule has 14 heavy (non-hydrogen) atoms. The van der Waals surface area contributed by atoms with Gasteiger partial charge in [-0.05, 0) is 21.3 Å². The quantitative estimate of drug-likeness (QED) is 0.708. The third kappa shape index (κ3) is 1.03. The van der Waals surface area contributed by atoms with Crippen LogP contribution in [0, 0.1) is 10.8 Å². The Bertz CT molecular complexity index is 341. The number of tetrazole rings is 1. The van der Waals surface area contributed by atoms with E-state index < -0.39 is 0 Å². The standard InChI is InChI=1S/C9H15ClN4/c1-8(2)7(9(8,3)4)14-6(5-10)11-12-13-14/h7H,5H2,1-4H3. The summed E-state index contributed by atoms with van der Waals surface area (Å²) in [6, 6.07) is 0.360. The molecule has 4 nitrogen and oxygen atoms in total. The molecule has 1 aromatic heterocycles. The summed E-state index contributed by atoms with van der Waals surface area (Å²) in [6.45, 7) is 8.93. The topological polar surface area (TPSA) is 43.6 Å². The summed E-state index contributed by atoms with van der Waals surface area (Å²) < 4.78 is 1.87. The first-order valence-electron chi connectivity index (χ1n) is 4.75. The monoisotopic (exact) mass is 214 g/mol. The fourth-order valence-corrected chi connectivity index (χ4v) is 2.45. The summed E-state index contributed by atoms with van der Waals surface area (Å²) in [5.41, 5.74) is 0.479. The van der Waals surface area contributed by atoms with Gasteiger partial charge in [-0.2, -0.15) is 0 Å². The fraction of sp³-hybridized carbons (Fsp3) is 0.889. The van der Waals surface area contributed by atoms with E-state index >= 15 is 0 Å². The molecule has 1 aliphatic rings. The highest BCUT2D eigenvalue weighted by atomic mass is 35.5. The Morgan fingerprint density at radius 1 is 1.29 bits per heavy atom. The van der Waals surface area contributed by atoms with Crippen LogP contribution in [0.2, 0.25) is 0 Å². The van der Waals surface area contributed by atoms with E-state index in [1.165, 1.54) is 0 Å².